The third-order valence-corrected chi connectivity index (χ3v) is 4.56. The third kappa shape index (κ3) is 4.73. The second-order valence-electron chi connectivity index (χ2n) is 6.69. The molecular weight excluding hydrogens is 397 g/mol. The van der Waals surface area contributed by atoms with E-state index in [1.165, 1.54) is 18.5 Å². The maximum atomic E-state index is 13.7. The number of nitrogens with one attached hydrogen (secondary N) is 2. The van der Waals surface area contributed by atoms with Crippen LogP contribution >= 0.6 is 0 Å². The van der Waals surface area contributed by atoms with Crippen LogP contribution in [0.3, 0.4) is 0 Å². The molecule has 1 aromatic heterocycles. The van der Waals surface area contributed by atoms with E-state index in [0.29, 0.717) is 17.2 Å². The standard InChI is InChI=1S/C21H21F3N4O2/c1-13-18(14(2)28(3)27-13)19(21(22,23)24)26-20(29)25-16-11-7-8-12-17(16)30-15-9-5-4-6-10-15/h4-12,19H,1-3H3,(H2,25,26,29)/t19-/m0/s1. The van der Waals surface area contributed by atoms with E-state index >= 15 is 0 Å². The molecule has 1 heterocycles. The molecule has 0 bridgehead atoms. The SMILES string of the molecule is Cc1nn(C)c(C)c1[C@H](NC(=O)Nc1ccccc1Oc1ccccc1)C(F)(F)F. The molecule has 0 saturated carbocycles. The molecule has 0 radical (unpaired) electrons. The quantitative estimate of drug-likeness (QED) is 0.594. The van der Waals surface area contributed by atoms with Crippen LogP contribution in [-0.2, 0) is 7.05 Å². The lowest BCUT2D eigenvalue weighted by molar-refractivity contribution is -0.155. The molecular formula is C21H21F3N4O2. The smallest absolute Gasteiger partial charge is 0.413 e. The Hall–Kier alpha value is -3.49. The summed E-state index contributed by atoms with van der Waals surface area (Å²) >= 11 is 0. The molecule has 3 rings (SSSR count). The number of rotatable bonds is 5. The van der Waals surface area contributed by atoms with Gasteiger partial charge in [0.15, 0.2) is 11.8 Å². The Morgan fingerprint density at radius 2 is 1.70 bits per heavy atom. The monoisotopic (exact) mass is 418 g/mol. The maximum absolute atomic E-state index is 13.7. The van der Waals surface area contributed by atoms with Crippen LogP contribution in [0.25, 0.3) is 0 Å². The van der Waals surface area contributed by atoms with E-state index in [4.69, 9.17) is 4.74 Å². The van der Waals surface area contributed by atoms with Crippen LogP contribution in [0.2, 0.25) is 0 Å². The summed E-state index contributed by atoms with van der Waals surface area (Å²) in [5.41, 5.74) is 0.682. The number of hydrogen-bond acceptors (Lipinski definition) is 3. The minimum Gasteiger partial charge on any atom is -0.455 e. The van der Waals surface area contributed by atoms with Crippen molar-refractivity contribution in [3.05, 3.63) is 71.5 Å². The molecule has 3 aromatic rings. The summed E-state index contributed by atoms with van der Waals surface area (Å²) < 4.78 is 48.3. The van der Waals surface area contributed by atoms with Crippen molar-refractivity contribution < 1.29 is 22.7 Å². The Kier molecular flexibility index (Phi) is 6.00. The predicted molar refractivity (Wildman–Crippen MR) is 107 cm³/mol. The number of carbonyl (C=O) groups excluding carboxylic acids is 1. The van der Waals surface area contributed by atoms with Crippen LogP contribution in [0, 0.1) is 13.8 Å². The number of halogens is 3. The summed E-state index contributed by atoms with van der Waals surface area (Å²) in [6.45, 7) is 3.00. The number of benzene rings is 2. The maximum Gasteiger partial charge on any atom is 0.413 e. The number of para-hydroxylation sites is 3. The Morgan fingerprint density at radius 3 is 2.30 bits per heavy atom. The molecule has 9 heteroatoms. The van der Waals surface area contributed by atoms with Gasteiger partial charge in [0.1, 0.15) is 5.75 Å². The number of amides is 2. The van der Waals surface area contributed by atoms with Gasteiger partial charge < -0.3 is 15.4 Å². The van der Waals surface area contributed by atoms with Crippen LogP contribution in [0.4, 0.5) is 23.7 Å². The molecule has 0 saturated heterocycles. The summed E-state index contributed by atoms with van der Waals surface area (Å²) in [7, 11) is 1.55. The highest BCUT2D eigenvalue weighted by molar-refractivity contribution is 5.91. The molecule has 0 aliphatic carbocycles. The van der Waals surface area contributed by atoms with Gasteiger partial charge in [0.2, 0.25) is 0 Å². The van der Waals surface area contributed by atoms with Crippen molar-refractivity contribution in [1.82, 2.24) is 15.1 Å². The van der Waals surface area contributed by atoms with Gasteiger partial charge in [-0.1, -0.05) is 30.3 Å². The van der Waals surface area contributed by atoms with Gasteiger partial charge in [0, 0.05) is 18.3 Å². The van der Waals surface area contributed by atoms with Gasteiger partial charge in [-0.25, -0.2) is 4.79 Å². The second kappa shape index (κ2) is 8.48. The number of ether oxygens (including phenoxy) is 1. The fourth-order valence-electron chi connectivity index (χ4n) is 3.09. The molecule has 2 N–H and O–H groups in total. The first-order chi connectivity index (χ1) is 14.2. The topological polar surface area (TPSA) is 68.2 Å². The van der Waals surface area contributed by atoms with E-state index in [1.54, 1.807) is 55.6 Å². The van der Waals surface area contributed by atoms with Crippen molar-refractivity contribution in [2.24, 2.45) is 7.05 Å². The molecule has 2 amide bonds. The Morgan fingerprint density at radius 1 is 1.07 bits per heavy atom. The molecule has 30 heavy (non-hydrogen) atoms. The van der Waals surface area contributed by atoms with Crippen molar-refractivity contribution in [1.29, 1.82) is 0 Å². The van der Waals surface area contributed by atoms with E-state index in [-0.39, 0.29) is 16.9 Å². The van der Waals surface area contributed by atoms with Gasteiger partial charge in [0.25, 0.3) is 0 Å². The van der Waals surface area contributed by atoms with E-state index in [1.807, 2.05) is 11.4 Å². The highest BCUT2D eigenvalue weighted by atomic mass is 19.4. The van der Waals surface area contributed by atoms with Gasteiger partial charge in [-0.05, 0) is 38.1 Å². The lowest BCUT2D eigenvalue weighted by Crippen LogP contribution is -2.41. The van der Waals surface area contributed by atoms with Crippen LogP contribution < -0.4 is 15.4 Å². The number of urea groups is 1. The number of hydrogen-bond donors (Lipinski definition) is 2. The highest BCUT2D eigenvalue weighted by Gasteiger charge is 2.44. The van der Waals surface area contributed by atoms with E-state index in [0.717, 1.165) is 0 Å². The summed E-state index contributed by atoms with van der Waals surface area (Å²) in [6, 6.07) is 12.1. The van der Waals surface area contributed by atoms with E-state index in [9.17, 15) is 18.0 Å². The van der Waals surface area contributed by atoms with Gasteiger partial charge in [-0.2, -0.15) is 18.3 Å². The van der Waals surface area contributed by atoms with Gasteiger partial charge in [-0.15, -0.1) is 0 Å². The minimum absolute atomic E-state index is 0.0750. The Labute approximate surface area is 171 Å². The van der Waals surface area contributed by atoms with E-state index in [2.05, 4.69) is 10.4 Å². The Balaban J connectivity index is 1.82. The molecule has 158 valence electrons. The first-order valence-corrected chi connectivity index (χ1v) is 9.13. The van der Waals surface area contributed by atoms with Crippen LogP contribution in [0.5, 0.6) is 11.5 Å². The fourth-order valence-corrected chi connectivity index (χ4v) is 3.09. The highest BCUT2D eigenvalue weighted by Crippen LogP contribution is 2.36. The second-order valence-corrected chi connectivity index (χ2v) is 6.69. The number of alkyl halides is 3. The molecule has 0 spiro atoms. The van der Waals surface area contributed by atoms with Crippen molar-refractivity contribution in [2.45, 2.75) is 26.1 Å². The molecule has 0 aliphatic rings. The predicted octanol–water partition coefficient (Wildman–Crippen LogP) is 5.25. The summed E-state index contributed by atoms with van der Waals surface area (Å²) in [6.07, 6.45) is -4.70. The van der Waals surface area contributed by atoms with Crippen molar-refractivity contribution >= 4 is 11.7 Å². The zero-order valence-corrected chi connectivity index (χ0v) is 16.6. The first-order valence-electron chi connectivity index (χ1n) is 9.13. The summed E-state index contributed by atoms with van der Waals surface area (Å²) in [5, 5.41) is 8.49. The number of aromatic nitrogens is 2. The third-order valence-electron chi connectivity index (χ3n) is 4.56. The average molecular weight is 418 g/mol. The van der Waals surface area contributed by atoms with Gasteiger partial charge in [-0.3, -0.25) is 4.68 Å². The van der Waals surface area contributed by atoms with Crippen LogP contribution in [0.15, 0.2) is 54.6 Å². The summed E-state index contributed by atoms with van der Waals surface area (Å²) in [5.74, 6) is 0.832. The molecule has 0 fully saturated rings. The lowest BCUT2D eigenvalue weighted by atomic mass is 10.0. The number of anilines is 1. The fraction of sp³-hybridized carbons (Fsp3) is 0.238. The van der Waals surface area contributed by atoms with E-state index < -0.39 is 18.2 Å². The normalized spacial score (nSPS) is 12.3. The van der Waals surface area contributed by atoms with Crippen molar-refractivity contribution in [2.75, 3.05) is 5.32 Å². The van der Waals surface area contributed by atoms with Gasteiger partial charge >= 0.3 is 12.2 Å². The van der Waals surface area contributed by atoms with Gasteiger partial charge in [0.05, 0.1) is 11.4 Å². The summed E-state index contributed by atoms with van der Waals surface area (Å²) in [4.78, 5) is 12.5. The van der Waals surface area contributed by atoms with Crippen molar-refractivity contribution in [3.63, 3.8) is 0 Å². The first kappa shape index (κ1) is 21.2. The van der Waals surface area contributed by atoms with Crippen LogP contribution in [-0.4, -0.2) is 22.0 Å². The average Bonchev–Trinajstić information content (AvgIpc) is 2.93. The number of carbonyl (C=O) groups is 1. The number of nitrogens with zero attached hydrogens (tertiary/aromatic N) is 2. The van der Waals surface area contributed by atoms with Crippen LogP contribution in [0.1, 0.15) is 23.0 Å². The zero-order chi connectivity index (χ0) is 21.9. The number of aryl methyl sites for hydroxylation is 2. The van der Waals surface area contributed by atoms with Crippen molar-refractivity contribution in [3.8, 4) is 11.5 Å². The Bertz CT molecular complexity index is 1030. The molecule has 6 nitrogen and oxygen atoms in total. The lowest BCUT2D eigenvalue weighted by Gasteiger charge is -2.23. The zero-order valence-electron chi connectivity index (χ0n) is 16.6. The largest absolute Gasteiger partial charge is 0.455 e. The minimum atomic E-state index is -4.70. The molecule has 1 atom stereocenters. The molecule has 0 aliphatic heterocycles. The molecule has 0 unspecified atom stereocenters. The molecule has 2 aromatic carbocycles.